The summed E-state index contributed by atoms with van der Waals surface area (Å²) in [7, 11) is 0. The summed E-state index contributed by atoms with van der Waals surface area (Å²) < 4.78 is 0. The zero-order chi connectivity index (χ0) is 8.69. The summed E-state index contributed by atoms with van der Waals surface area (Å²) in [5.74, 6) is 0.442. The first-order chi connectivity index (χ1) is 5.26. The van der Waals surface area contributed by atoms with E-state index in [1.54, 1.807) is 13.1 Å². The minimum Gasteiger partial charge on any atom is -0.394 e. The summed E-state index contributed by atoms with van der Waals surface area (Å²) in [5.41, 5.74) is 5.68. The number of nitrogens with one attached hydrogen (secondary N) is 2. The summed E-state index contributed by atoms with van der Waals surface area (Å²) in [4.78, 5) is 3.88. The fourth-order valence-corrected chi connectivity index (χ4v) is 0.489. The second-order valence-electron chi connectivity index (χ2n) is 1.68. The highest BCUT2D eigenvalue weighted by Gasteiger charge is 1.93. The molecule has 0 aliphatic heterocycles. The van der Waals surface area contributed by atoms with Gasteiger partial charge in [0.05, 0.1) is 5.70 Å². The van der Waals surface area contributed by atoms with Gasteiger partial charge in [0, 0.05) is 12.4 Å². The van der Waals surface area contributed by atoms with Crippen LogP contribution in [0.4, 0.5) is 0 Å². The van der Waals surface area contributed by atoms with Crippen LogP contribution in [-0.2, 0) is 0 Å². The van der Waals surface area contributed by atoms with Crippen LogP contribution in [0.15, 0.2) is 29.3 Å². The maximum absolute atomic E-state index is 6.84. The van der Waals surface area contributed by atoms with Crippen LogP contribution in [0, 0.1) is 5.41 Å². The van der Waals surface area contributed by atoms with Crippen LogP contribution in [0.25, 0.3) is 0 Å². The van der Waals surface area contributed by atoms with Gasteiger partial charge in [0.2, 0.25) is 0 Å². The van der Waals surface area contributed by atoms with Gasteiger partial charge in [-0.2, -0.15) is 0 Å². The molecule has 0 aliphatic carbocycles. The van der Waals surface area contributed by atoms with Crippen molar-refractivity contribution in [1.29, 1.82) is 5.41 Å². The number of hydrogen-bond acceptors (Lipinski definition) is 4. The topological polar surface area (TPSA) is 74.3 Å². The third-order valence-electron chi connectivity index (χ3n) is 0.926. The maximum atomic E-state index is 6.84. The lowest BCUT2D eigenvalue weighted by atomic mass is 10.5. The molecular formula is C7H12N4. The summed E-state index contributed by atoms with van der Waals surface area (Å²) in [6, 6.07) is 0. The smallest absolute Gasteiger partial charge is 0.154 e. The van der Waals surface area contributed by atoms with Gasteiger partial charge in [-0.1, -0.05) is 6.58 Å². The second kappa shape index (κ2) is 5.22. The van der Waals surface area contributed by atoms with Crippen LogP contribution < -0.4 is 11.1 Å². The Kier molecular flexibility index (Phi) is 4.47. The lowest BCUT2D eigenvalue weighted by Crippen LogP contribution is -2.12. The summed E-state index contributed by atoms with van der Waals surface area (Å²) in [5, 5.41) is 9.54. The van der Waals surface area contributed by atoms with Gasteiger partial charge < -0.3 is 16.5 Å². The van der Waals surface area contributed by atoms with E-state index in [0.29, 0.717) is 5.82 Å². The predicted octanol–water partition coefficient (Wildman–Crippen LogP) is 0.588. The molecule has 0 aromatic carbocycles. The van der Waals surface area contributed by atoms with Crippen LogP contribution in [0.1, 0.15) is 6.92 Å². The van der Waals surface area contributed by atoms with E-state index in [0.717, 1.165) is 6.21 Å². The van der Waals surface area contributed by atoms with Gasteiger partial charge in [-0.25, -0.2) is 4.99 Å². The van der Waals surface area contributed by atoms with E-state index in [1.807, 2.05) is 0 Å². The first-order valence-electron chi connectivity index (χ1n) is 3.12. The van der Waals surface area contributed by atoms with Gasteiger partial charge in [-0.15, -0.1) is 0 Å². The van der Waals surface area contributed by atoms with E-state index in [1.165, 1.54) is 6.20 Å². The molecule has 0 aliphatic rings. The fraction of sp³-hybridized carbons (Fsp3) is 0.143. The second-order valence-corrected chi connectivity index (χ2v) is 1.68. The Balaban J connectivity index is 4.54. The van der Waals surface area contributed by atoms with Crippen molar-refractivity contribution in [3.8, 4) is 0 Å². The van der Waals surface area contributed by atoms with Gasteiger partial charge in [0.1, 0.15) is 0 Å². The van der Waals surface area contributed by atoms with Gasteiger partial charge >= 0.3 is 0 Å². The van der Waals surface area contributed by atoms with Crippen molar-refractivity contribution >= 4 is 12.4 Å². The number of allylic oxidation sites excluding steroid dienone is 1. The lowest BCUT2D eigenvalue weighted by molar-refractivity contribution is 1.01. The van der Waals surface area contributed by atoms with E-state index in [4.69, 9.17) is 11.1 Å². The number of nitrogens with zero attached hydrogens (tertiary/aromatic N) is 1. The van der Waals surface area contributed by atoms with Crippen LogP contribution >= 0.6 is 0 Å². The molecule has 4 N–H and O–H groups in total. The van der Waals surface area contributed by atoms with E-state index < -0.39 is 0 Å². The van der Waals surface area contributed by atoms with E-state index in [9.17, 15) is 0 Å². The molecule has 0 radical (unpaired) electrons. The molecule has 0 rings (SSSR count). The molecule has 4 nitrogen and oxygen atoms in total. The van der Waals surface area contributed by atoms with E-state index in [-0.39, 0.29) is 5.70 Å². The highest BCUT2D eigenvalue weighted by molar-refractivity contribution is 5.76. The largest absolute Gasteiger partial charge is 0.394 e. The molecule has 0 saturated heterocycles. The molecule has 0 heterocycles. The summed E-state index contributed by atoms with van der Waals surface area (Å²) >= 11 is 0. The molecular weight excluding hydrogens is 140 g/mol. The van der Waals surface area contributed by atoms with Gasteiger partial charge in [-0.05, 0) is 13.1 Å². The van der Waals surface area contributed by atoms with Crippen LogP contribution in [0.5, 0.6) is 0 Å². The third-order valence-corrected chi connectivity index (χ3v) is 0.926. The molecule has 0 aromatic rings. The molecule has 4 heteroatoms. The molecule has 0 unspecified atom stereocenters. The monoisotopic (exact) mass is 152 g/mol. The third kappa shape index (κ3) is 3.20. The SMILES string of the molecule is C=CN/C(N=CC)=C(\N)C=N. The molecule has 11 heavy (non-hydrogen) atoms. The van der Waals surface area contributed by atoms with Gasteiger partial charge in [0.15, 0.2) is 5.82 Å². The normalized spacial score (nSPS) is 12.5. The van der Waals surface area contributed by atoms with Crippen molar-refractivity contribution in [3.05, 3.63) is 24.3 Å². The van der Waals surface area contributed by atoms with Crippen molar-refractivity contribution in [3.63, 3.8) is 0 Å². The molecule has 0 bridgehead atoms. The molecule has 0 amide bonds. The van der Waals surface area contributed by atoms with Crippen molar-refractivity contribution in [2.75, 3.05) is 0 Å². The molecule has 0 aromatic heterocycles. The minimum absolute atomic E-state index is 0.281. The van der Waals surface area contributed by atoms with Crippen LogP contribution in [0.2, 0.25) is 0 Å². The first kappa shape index (κ1) is 9.42. The van der Waals surface area contributed by atoms with Crippen LogP contribution in [0.3, 0.4) is 0 Å². The average Bonchev–Trinajstić information content (AvgIpc) is 2.03. The highest BCUT2D eigenvalue weighted by Crippen LogP contribution is 1.92. The standard InChI is InChI=1S/C7H12N4/c1-3-10-7(11-4-2)6(9)5-8/h3-5,8,10H,1,9H2,2H3/b7-6+,8-5?,11-4?. The Morgan fingerprint density at radius 1 is 1.73 bits per heavy atom. The minimum atomic E-state index is 0.281. The molecule has 60 valence electrons. The van der Waals surface area contributed by atoms with Crippen molar-refractivity contribution in [1.82, 2.24) is 5.32 Å². The molecule has 0 fully saturated rings. The Morgan fingerprint density at radius 3 is 2.73 bits per heavy atom. The number of aliphatic imine (C=N–C) groups is 1. The quantitative estimate of drug-likeness (QED) is 0.516. The predicted molar refractivity (Wildman–Crippen MR) is 47.5 cm³/mol. The Labute approximate surface area is 66.0 Å². The molecule has 0 atom stereocenters. The fourth-order valence-electron chi connectivity index (χ4n) is 0.489. The number of rotatable bonds is 4. The van der Waals surface area contributed by atoms with Gasteiger partial charge in [-0.3, -0.25) is 0 Å². The zero-order valence-electron chi connectivity index (χ0n) is 6.46. The molecule has 0 saturated carbocycles. The Bertz CT molecular complexity index is 202. The molecule has 0 spiro atoms. The Hall–Kier alpha value is -1.58. The number of hydrogen-bond donors (Lipinski definition) is 3. The summed E-state index contributed by atoms with van der Waals surface area (Å²) in [6.45, 7) is 5.22. The first-order valence-corrected chi connectivity index (χ1v) is 3.12. The lowest BCUT2D eigenvalue weighted by Gasteiger charge is -2.01. The average molecular weight is 152 g/mol. The Morgan fingerprint density at radius 2 is 2.36 bits per heavy atom. The highest BCUT2D eigenvalue weighted by atomic mass is 15.0. The maximum Gasteiger partial charge on any atom is 0.154 e. The number of nitrogens with two attached hydrogens (primary N) is 1. The van der Waals surface area contributed by atoms with E-state index in [2.05, 4.69) is 16.9 Å². The summed E-state index contributed by atoms with van der Waals surface area (Å²) in [6.07, 6.45) is 4.07. The zero-order valence-corrected chi connectivity index (χ0v) is 6.46. The van der Waals surface area contributed by atoms with E-state index >= 15 is 0 Å². The van der Waals surface area contributed by atoms with Crippen molar-refractivity contribution in [2.24, 2.45) is 10.7 Å². The van der Waals surface area contributed by atoms with Crippen molar-refractivity contribution < 1.29 is 0 Å². The van der Waals surface area contributed by atoms with Crippen molar-refractivity contribution in [2.45, 2.75) is 6.92 Å². The van der Waals surface area contributed by atoms with Crippen LogP contribution in [-0.4, -0.2) is 12.4 Å². The van der Waals surface area contributed by atoms with Gasteiger partial charge in [0.25, 0.3) is 0 Å².